The molecule has 1 rings (SSSR count). The second-order valence-electron chi connectivity index (χ2n) is 3.33. The lowest BCUT2D eigenvalue weighted by molar-refractivity contribution is 0.0827. The number of hydrogen-bond acceptors (Lipinski definition) is 2. The van der Waals surface area contributed by atoms with Gasteiger partial charge in [0, 0.05) is 25.2 Å². The highest BCUT2D eigenvalue weighted by atomic mass is 79.9. The minimum atomic E-state index is -0.0622. The Labute approximate surface area is 97.2 Å². The number of carbonyl (C=O) groups excluding carboxylic acids is 2. The molecule has 0 aromatic heterocycles. The maximum atomic E-state index is 11.5. The van der Waals surface area contributed by atoms with Gasteiger partial charge in [-0.2, -0.15) is 0 Å². The monoisotopic (exact) mass is 269 g/mol. The number of rotatable bonds is 3. The van der Waals surface area contributed by atoms with Crippen LogP contribution in [0.25, 0.3) is 0 Å². The lowest BCUT2D eigenvalue weighted by atomic mass is 10.1. The maximum absolute atomic E-state index is 11.5. The summed E-state index contributed by atoms with van der Waals surface area (Å²) in [5, 5.41) is 0.300. The summed E-state index contributed by atoms with van der Waals surface area (Å²) in [6.07, 6.45) is 0. The molecule has 0 aliphatic carbocycles. The Morgan fingerprint density at radius 3 is 2.00 bits per heavy atom. The topological polar surface area (TPSA) is 37.4 Å². The Morgan fingerprint density at radius 2 is 1.60 bits per heavy atom. The molecule has 1 amide bonds. The Morgan fingerprint density at radius 1 is 1.13 bits per heavy atom. The van der Waals surface area contributed by atoms with Gasteiger partial charge in [-0.25, -0.2) is 0 Å². The number of alkyl halides is 1. The molecular weight excluding hydrogens is 258 g/mol. The standard InChI is InChI=1S/C11H12BrNO2/c1-13(2)11(15)9-5-3-8(4-6-9)10(14)7-12/h3-6H,7H2,1-2H3. The predicted octanol–water partition coefficient (Wildman–Crippen LogP) is 1.97. The fourth-order valence-corrected chi connectivity index (χ4v) is 1.46. The number of carbonyl (C=O) groups is 2. The van der Waals surface area contributed by atoms with Crippen LogP contribution in [-0.2, 0) is 0 Å². The van der Waals surface area contributed by atoms with Gasteiger partial charge in [0.05, 0.1) is 5.33 Å². The van der Waals surface area contributed by atoms with E-state index < -0.39 is 0 Å². The maximum Gasteiger partial charge on any atom is 0.253 e. The molecule has 0 fully saturated rings. The zero-order valence-electron chi connectivity index (χ0n) is 8.66. The van der Waals surface area contributed by atoms with E-state index in [1.807, 2.05) is 0 Å². The lowest BCUT2D eigenvalue weighted by Crippen LogP contribution is -2.21. The zero-order valence-corrected chi connectivity index (χ0v) is 10.2. The fraction of sp³-hybridized carbons (Fsp3) is 0.273. The van der Waals surface area contributed by atoms with Gasteiger partial charge in [0.2, 0.25) is 0 Å². The Balaban J connectivity index is 2.90. The smallest absolute Gasteiger partial charge is 0.253 e. The Bertz CT molecular complexity index is 371. The molecule has 0 radical (unpaired) electrons. The first-order valence-electron chi connectivity index (χ1n) is 4.47. The minimum absolute atomic E-state index is 0.0128. The van der Waals surface area contributed by atoms with Crippen LogP contribution in [0.5, 0.6) is 0 Å². The summed E-state index contributed by atoms with van der Waals surface area (Å²) >= 11 is 3.10. The van der Waals surface area contributed by atoms with Crippen molar-refractivity contribution < 1.29 is 9.59 Å². The lowest BCUT2D eigenvalue weighted by Gasteiger charge is -2.10. The van der Waals surface area contributed by atoms with Gasteiger partial charge >= 0.3 is 0 Å². The molecule has 0 saturated heterocycles. The highest BCUT2D eigenvalue weighted by Crippen LogP contribution is 2.08. The minimum Gasteiger partial charge on any atom is -0.345 e. The van der Waals surface area contributed by atoms with Crippen LogP contribution in [0, 0.1) is 0 Å². The van der Waals surface area contributed by atoms with Crippen molar-refractivity contribution >= 4 is 27.6 Å². The van der Waals surface area contributed by atoms with E-state index in [1.165, 1.54) is 4.90 Å². The van der Waals surface area contributed by atoms with Gasteiger partial charge in [-0.15, -0.1) is 0 Å². The number of hydrogen-bond donors (Lipinski definition) is 0. The number of benzene rings is 1. The normalized spacial score (nSPS) is 9.80. The third kappa shape index (κ3) is 2.89. The first-order chi connectivity index (χ1) is 7.06. The molecule has 1 aromatic carbocycles. The van der Waals surface area contributed by atoms with Crippen molar-refractivity contribution in [2.75, 3.05) is 19.4 Å². The van der Waals surface area contributed by atoms with Gasteiger partial charge in [0.15, 0.2) is 5.78 Å². The van der Waals surface area contributed by atoms with Crippen molar-refractivity contribution in [3.63, 3.8) is 0 Å². The van der Waals surface area contributed by atoms with Gasteiger partial charge in [0.25, 0.3) is 5.91 Å². The second kappa shape index (κ2) is 5.07. The van der Waals surface area contributed by atoms with Crippen LogP contribution in [0.4, 0.5) is 0 Å². The van der Waals surface area contributed by atoms with Crippen molar-refractivity contribution in [1.82, 2.24) is 4.90 Å². The molecule has 0 atom stereocenters. The highest BCUT2D eigenvalue weighted by Gasteiger charge is 2.09. The summed E-state index contributed by atoms with van der Waals surface area (Å²) in [6.45, 7) is 0. The van der Waals surface area contributed by atoms with Crippen LogP contribution in [0.3, 0.4) is 0 Å². The summed E-state index contributed by atoms with van der Waals surface area (Å²) in [5.41, 5.74) is 1.20. The van der Waals surface area contributed by atoms with E-state index in [0.717, 1.165) is 0 Å². The van der Waals surface area contributed by atoms with Crippen LogP contribution >= 0.6 is 15.9 Å². The van der Waals surface area contributed by atoms with Gasteiger partial charge in [-0.1, -0.05) is 28.1 Å². The number of ketones is 1. The Kier molecular flexibility index (Phi) is 4.03. The molecule has 15 heavy (non-hydrogen) atoms. The molecule has 0 heterocycles. The van der Waals surface area contributed by atoms with Crippen molar-refractivity contribution in [2.45, 2.75) is 0 Å². The number of amides is 1. The van der Waals surface area contributed by atoms with Gasteiger partial charge in [-0.05, 0) is 12.1 Å². The number of nitrogens with zero attached hydrogens (tertiary/aromatic N) is 1. The molecular formula is C11H12BrNO2. The van der Waals surface area contributed by atoms with Gasteiger partial charge in [0.1, 0.15) is 0 Å². The molecule has 3 nitrogen and oxygen atoms in total. The quantitative estimate of drug-likeness (QED) is 0.622. The summed E-state index contributed by atoms with van der Waals surface area (Å²) in [5.74, 6) is -0.0494. The molecule has 0 bridgehead atoms. The molecule has 0 N–H and O–H groups in total. The van der Waals surface area contributed by atoms with Crippen LogP contribution in [0.1, 0.15) is 20.7 Å². The van der Waals surface area contributed by atoms with Gasteiger partial charge in [-0.3, -0.25) is 9.59 Å². The molecule has 0 saturated carbocycles. The number of halogens is 1. The van der Waals surface area contributed by atoms with Crippen molar-refractivity contribution in [1.29, 1.82) is 0 Å². The SMILES string of the molecule is CN(C)C(=O)c1ccc(C(=O)CBr)cc1. The molecule has 0 aliphatic rings. The fourth-order valence-electron chi connectivity index (χ4n) is 1.13. The first kappa shape index (κ1) is 11.9. The third-order valence-electron chi connectivity index (χ3n) is 1.98. The molecule has 4 heteroatoms. The average molecular weight is 270 g/mol. The van der Waals surface area contributed by atoms with Crippen molar-refractivity contribution in [3.05, 3.63) is 35.4 Å². The van der Waals surface area contributed by atoms with E-state index >= 15 is 0 Å². The summed E-state index contributed by atoms with van der Waals surface area (Å²) in [4.78, 5) is 24.3. The van der Waals surface area contributed by atoms with E-state index in [4.69, 9.17) is 0 Å². The van der Waals surface area contributed by atoms with Crippen molar-refractivity contribution in [3.8, 4) is 0 Å². The van der Waals surface area contributed by atoms with E-state index in [-0.39, 0.29) is 11.7 Å². The Hall–Kier alpha value is -1.16. The van der Waals surface area contributed by atoms with Crippen LogP contribution < -0.4 is 0 Å². The van der Waals surface area contributed by atoms with Crippen LogP contribution in [0.2, 0.25) is 0 Å². The molecule has 0 unspecified atom stereocenters. The highest BCUT2D eigenvalue weighted by molar-refractivity contribution is 9.09. The molecule has 1 aromatic rings. The van der Waals surface area contributed by atoms with E-state index in [0.29, 0.717) is 16.5 Å². The molecule has 80 valence electrons. The predicted molar refractivity (Wildman–Crippen MR) is 62.6 cm³/mol. The summed E-state index contributed by atoms with van der Waals surface area (Å²) in [6, 6.07) is 6.66. The first-order valence-corrected chi connectivity index (χ1v) is 5.59. The van der Waals surface area contributed by atoms with Crippen molar-refractivity contribution in [2.24, 2.45) is 0 Å². The summed E-state index contributed by atoms with van der Waals surface area (Å²) < 4.78 is 0. The van der Waals surface area contributed by atoms with Crippen LogP contribution in [0.15, 0.2) is 24.3 Å². The molecule has 0 aliphatic heterocycles. The van der Waals surface area contributed by atoms with Gasteiger partial charge < -0.3 is 4.90 Å². The van der Waals surface area contributed by atoms with E-state index in [1.54, 1.807) is 38.4 Å². The zero-order chi connectivity index (χ0) is 11.4. The average Bonchev–Trinajstić information content (AvgIpc) is 2.27. The third-order valence-corrected chi connectivity index (χ3v) is 2.49. The second-order valence-corrected chi connectivity index (χ2v) is 3.89. The van der Waals surface area contributed by atoms with E-state index in [9.17, 15) is 9.59 Å². The number of Topliss-reactive ketones (excluding diaryl/α,β-unsaturated/α-hetero) is 1. The van der Waals surface area contributed by atoms with Crippen LogP contribution in [-0.4, -0.2) is 36.0 Å². The van der Waals surface area contributed by atoms with E-state index in [2.05, 4.69) is 15.9 Å². The molecule has 0 spiro atoms. The largest absolute Gasteiger partial charge is 0.345 e. The summed E-state index contributed by atoms with van der Waals surface area (Å²) in [7, 11) is 3.39.